The molecule has 0 bridgehead atoms. The van der Waals surface area contributed by atoms with Crippen molar-refractivity contribution in [1.82, 2.24) is 19.2 Å². The first-order valence-corrected chi connectivity index (χ1v) is 10.6. The molecule has 0 radical (unpaired) electrons. The molecule has 1 aliphatic rings. The van der Waals surface area contributed by atoms with Gasteiger partial charge in [0.25, 0.3) is 0 Å². The maximum Gasteiger partial charge on any atom is 0.198 e. The first-order chi connectivity index (χ1) is 13.1. The largest absolute Gasteiger partial charge is 0.369 e. The van der Waals surface area contributed by atoms with Gasteiger partial charge in [0.15, 0.2) is 4.77 Å². The van der Waals surface area contributed by atoms with Crippen LogP contribution in [0.3, 0.4) is 0 Å². The lowest BCUT2D eigenvalue weighted by Gasteiger charge is -2.36. The topological polar surface area (TPSA) is 29.2 Å². The van der Waals surface area contributed by atoms with Crippen molar-refractivity contribution in [3.8, 4) is 0 Å². The van der Waals surface area contributed by atoms with Crippen LogP contribution in [-0.4, -0.2) is 45.4 Å². The summed E-state index contributed by atoms with van der Waals surface area (Å²) in [5, 5.41) is 6.90. The maximum atomic E-state index is 5.62. The van der Waals surface area contributed by atoms with Crippen molar-refractivity contribution in [2.75, 3.05) is 31.1 Å². The third kappa shape index (κ3) is 4.00. The molecule has 1 fully saturated rings. The minimum absolute atomic E-state index is 0.763. The first kappa shape index (κ1) is 18.4. The van der Waals surface area contributed by atoms with E-state index in [9.17, 15) is 0 Å². The number of hydrogen-bond donors (Lipinski definition) is 0. The molecule has 0 amide bonds. The minimum Gasteiger partial charge on any atom is -0.369 e. The third-order valence-corrected chi connectivity index (χ3v) is 6.57. The summed E-state index contributed by atoms with van der Waals surface area (Å²) in [6.45, 7) is 7.06. The predicted molar refractivity (Wildman–Crippen MR) is 114 cm³/mol. The molecule has 2 aromatic heterocycles. The Morgan fingerprint density at radius 2 is 1.85 bits per heavy atom. The quantitative estimate of drug-likeness (QED) is 0.612. The molecule has 0 unspecified atom stereocenters. The predicted octanol–water partition coefficient (Wildman–Crippen LogP) is 3.69. The molecule has 3 aromatic rings. The molecule has 0 spiro atoms. The molecule has 0 aliphatic carbocycles. The smallest absolute Gasteiger partial charge is 0.198 e. The molecule has 0 atom stereocenters. The van der Waals surface area contributed by atoms with Gasteiger partial charge in [-0.15, -0.1) is 11.3 Å². The summed E-state index contributed by atoms with van der Waals surface area (Å²) >= 11 is 7.39. The summed E-state index contributed by atoms with van der Waals surface area (Å²) in [6, 6.07) is 12.9. The van der Waals surface area contributed by atoms with Gasteiger partial charge in [0.1, 0.15) is 5.82 Å². The van der Waals surface area contributed by atoms with Crippen LogP contribution in [0.5, 0.6) is 0 Å². The van der Waals surface area contributed by atoms with Crippen LogP contribution >= 0.6 is 23.6 Å². The highest BCUT2D eigenvalue weighted by molar-refractivity contribution is 7.71. The van der Waals surface area contributed by atoms with Gasteiger partial charge in [0.05, 0.1) is 6.67 Å². The molecule has 3 heterocycles. The zero-order chi connectivity index (χ0) is 18.8. The molecule has 5 nitrogen and oxygen atoms in total. The van der Waals surface area contributed by atoms with Gasteiger partial charge in [-0.2, -0.15) is 5.10 Å². The van der Waals surface area contributed by atoms with Crippen LogP contribution in [0.1, 0.15) is 16.3 Å². The molecule has 1 aliphatic heterocycles. The lowest BCUT2D eigenvalue weighted by atomic mass is 10.1. The minimum atomic E-state index is 0.763. The summed E-state index contributed by atoms with van der Waals surface area (Å²) in [4.78, 5) is 6.23. The lowest BCUT2D eigenvalue weighted by Crippen LogP contribution is -2.47. The van der Waals surface area contributed by atoms with E-state index < -0.39 is 0 Å². The van der Waals surface area contributed by atoms with Crippen LogP contribution in [0.15, 0.2) is 41.8 Å². The van der Waals surface area contributed by atoms with Crippen molar-refractivity contribution < 1.29 is 0 Å². The van der Waals surface area contributed by atoms with E-state index >= 15 is 0 Å². The number of aromatic nitrogens is 3. The number of thiophene rings is 1. The molecular formula is C20H25N5S2. The van der Waals surface area contributed by atoms with Gasteiger partial charge in [0, 0.05) is 50.2 Å². The van der Waals surface area contributed by atoms with Crippen LogP contribution in [0.2, 0.25) is 0 Å². The van der Waals surface area contributed by atoms with Crippen LogP contribution in [0.4, 0.5) is 5.69 Å². The van der Waals surface area contributed by atoms with Crippen LogP contribution < -0.4 is 4.90 Å². The average Bonchev–Trinajstić information content (AvgIpc) is 3.28. The van der Waals surface area contributed by atoms with Crippen molar-refractivity contribution in [2.24, 2.45) is 7.05 Å². The van der Waals surface area contributed by atoms with E-state index in [1.54, 1.807) is 11.3 Å². The van der Waals surface area contributed by atoms with Crippen LogP contribution in [-0.2, 0) is 20.1 Å². The van der Waals surface area contributed by atoms with Gasteiger partial charge in [-0.3, -0.25) is 4.90 Å². The first-order valence-electron chi connectivity index (χ1n) is 9.30. The highest BCUT2D eigenvalue weighted by Gasteiger charge is 2.19. The molecule has 7 heteroatoms. The number of para-hydroxylation sites is 1. The van der Waals surface area contributed by atoms with E-state index in [0.717, 1.165) is 49.9 Å². The highest BCUT2D eigenvalue weighted by atomic mass is 32.1. The monoisotopic (exact) mass is 399 g/mol. The second-order valence-electron chi connectivity index (χ2n) is 7.05. The Hall–Kier alpha value is -1.96. The second kappa shape index (κ2) is 7.96. The summed E-state index contributed by atoms with van der Waals surface area (Å²) in [7, 11) is 2.02. The van der Waals surface area contributed by atoms with E-state index in [4.69, 9.17) is 17.3 Å². The maximum absolute atomic E-state index is 5.62. The highest BCUT2D eigenvalue weighted by Crippen LogP contribution is 2.21. The summed E-state index contributed by atoms with van der Waals surface area (Å²) in [5.41, 5.74) is 2.70. The Balaban J connectivity index is 1.41. The summed E-state index contributed by atoms with van der Waals surface area (Å²) in [6.07, 6.45) is 0.839. The number of hydrogen-bond acceptors (Lipinski definition) is 5. The number of benzene rings is 1. The zero-order valence-corrected chi connectivity index (χ0v) is 17.5. The molecule has 0 saturated carbocycles. The van der Waals surface area contributed by atoms with Crippen LogP contribution in [0.25, 0.3) is 0 Å². The van der Waals surface area contributed by atoms with Crippen molar-refractivity contribution in [3.63, 3.8) is 0 Å². The molecule has 1 aromatic carbocycles. The normalized spacial score (nSPS) is 15.4. The van der Waals surface area contributed by atoms with Crippen molar-refractivity contribution in [2.45, 2.75) is 20.0 Å². The van der Waals surface area contributed by atoms with E-state index in [2.05, 4.69) is 58.5 Å². The SMILES string of the molecule is Cc1ccccc1N1CCN(Cn2nc(Cc3cccs3)n(C)c2=S)CC1. The Labute approximate surface area is 169 Å². The Bertz CT molecular complexity index is 949. The fourth-order valence-electron chi connectivity index (χ4n) is 3.59. The fourth-order valence-corrected chi connectivity index (χ4v) is 4.49. The van der Waals surface area contributed by atoms with Gasteiger partial charge in [-0.05, 0) is 42.2 Å². The number of aryl methyl sites for hydroxylation is 1. The van der Waals surface area contributed by atoms with Gasteiger partial charge in [-0.25, -0.2) is 4.68 Å². The van der Waals surface area contributed by atoms with Gasteiger partial charge in [-0.1, -0.05) is 24.3 Å². The molecule has 27 heavy (non-hydrogen) atoms. The molecule has 142 valence electrons. The van der Waals surface area contributed by atoms with E-state index in [1.807, 2.05) is 16.3 Å². The fraction of sp³-hybridized carbons (Fsp3) is 0.400. The van der Waals surface area contributed by atoms with Gasteiger partial charge < -0.3 is 9.47 Å². The van der Waals surface area contributed by atoms with Crippen molar-refractivity contribution in [1.29, 1.82) is 0 Å². The van der Waals surface area contributed by atoms with Crippen molar-refractivity contribution in [3.05, 3.63) is 62.8 Å². The van der Waals surface area contributed by atoms with E-state index in [0.29, 0.717) is 0 Å². The zero-order valence-electron chi connectivity index (χ0n) is 15.8. The van der Waals surface area contributed by atoms with Gasteiger partial charge in [0.2, 0.25) is 0 Å². The Morgan fingerprint density at radius 1 is 1.07 bits per heavy atom. The Kier molecular flexibility index (Phi) is 5.43. The molecular weight excluding hydrogens is 374 g/mol. The summed E-state index contributed by atoms with van der Waals surface area (Å²) < 4.78 is 4.81. The summed E-state index contributed by atoms with van der Waals surface area (Å²) in [5.74, 6) is 1.03. The van der Waals surface area contributed by atoms with Crippen LogP contribution in [0, 0.1) is 11.7 Å². The number of rotatable bonds is 5. The molecule has 0 N–H and O–H groups in total. The van der Waals surface area contributed by atoms with Gasteiger partial charge >= 0.3 is 0 Å². The lowest BCUT2D eigenvalue weighted by molar-refractivity contribution is 0.194. The van der Waals surface area contributed by atoms with E-state index in [1.165, 1.54) is 16.1 Å². The number of piperazine rings is 1. The molecule has 4 rings (SSSR count). The van der Waals surface area contributed by atoms with E-state index in [-0.39, 0.29) is 0 Å². The standard InChI is InChI=1S/C20H25N5S2/c1-16-6-3-4-8-18(16)24-11-9-23(10-12-24)15-25-20(26)22(2)19(21-25)14-17-7-5-13-27-17/h3-8,13H,9-12,14-15H2,1-2H3. The van der Waals surface area contributed by atoms with Crippen molar-refractivity contribution >= 4 is 29.2 Å². The second-order valence-corrected chi connectivity index (χ2v) is 8.44. The Morgan fingerprint density at radius 3 is 2.56 bits per heavy atom. The third-order valence-electron chi connectivity index (χ3n) is 5.21. The molecule has 1 saturated heterocycles. The average molecular weight is 400 g/mol. The number of anilines is 1. The number of nitrogens with zero attached hydrogens (tertiary/aromatic N) is 5.